The average Bonchev–Trinajstić information content (AvgIpc) is 2.50. The van der Waals surface area contributed by atoms with E-state index in [1.165, 1.54) is 38.5 Å². The minimum Gasteiger partial charge on any atom is -0.462 e. The molecule has 0 bridgehead atoms. The van der Waals surface area contributed by atoms with Crippen LogP contribution in [0.3, 0.4) is 0 Å². The molecule has 22 heavy (non-hydrogen) atoms. The lowest BCUT2D eigenvalue weighted by Crippen LogP contribution is -2.09. The Morgan fingerprint density at radius 3 is 1.86 bits per heavy atom. The maximum Gasteiger partial charge on any atom is 0.333 e. The van der Waals surface area contributed by atoms with E-state index in [0.717, 1.165) is 26.1 Å². The van der Waals surface area contributed by atoms with Gasteiger partial charge in [0.25, 0.3) is 0 Å². The molecule has 0 radical (unpaired) electrons. The topological polar surface area (TPSA) is 44.8 Å². The summed E-state index contributed by atoms with van der Waals surface area (Å²) in [4.78, 5) is 11.1. The summed E-state index contributed by atoms with van der Waals surface area (Å²) in [5.41, 5.74) is 0.434. The maximum absolute atomic E-state index is 11.1. The molecule has 0 heterocycles. The average molecular weight is 314 g/mol. The molecule has 0 aliphatic carbocycles. The van der Waals surface area contributed by atoms with Crippen molar-refractivity contribution in [3.05, 3.63) is 12.2 Å². The maximum atomic E-state index is 11.1. The fourth-order valence-electron chi connectivity index (χ4n) is 1.90. The van der Waals surface area contributed by atoms with E-state index in [0.29, 0.717) is 25.4 Å². The Morgan fingerprint density at radius 2 is 1.27 bits per heavy atom. The summed E-state index contributed by atoms with van der Waals surface area (Å²) in [6.07, 6.45) is 9.41. The van der Waals surface area contributed by atoms with Crippen LogP contribution >= 0.6 is 0 Å². The number of ether oxygens (including phenoxy) is 3. The van der Waals surface area contributed by atoms with Crippen LogP contribution in [-0.2, 0) is 19.0 Å². The molecule has 0 aromatic carbocycles. The van der Waals surface area contributed by atoms with Gasteiger partial charge in [0.1, 0.15) is 0 Å². The van der Waals surface area contributed by atoms with E-state index in [2.05, 4.69) is 13.5 Å². The molecule has 0 aliphatic rings. The molecular weight excluding hydrogens is 280 g/mol. The van der Waals surface area contributed by atoms with Crippen LogP contribution in [0.25, 0.3) is 0 Å². The third kappa shape index (κ3) is 15.5. The van der Waals surface area contributed by atoms with Gasteiger partial charge in [-0.3, -0.25) is 0 Å². The number of carbonyl (C=O) groups excluding carboxylic acids is 1. The van der Waals surface area contributed by atoms with E-state index in [1.54, 1.807) is 6.92 Å². The van der Waals surface area contributed by atoms with E-state index in [4.69, 9.17) is 14.2 Å². The van der Waals surface area contributed by atoms with E-state index < -0.39 is 0 Å². The van der Waals surface area contributed by atoms with Crippen LogP contribution in [0.5, 0.6) is 0 Å². The summed E-state index contributed by atoms with van der Waals surface area (Å²) in [6.45, 7) is 10.7. The Balaban J connectivity index is 3.05. The standard InChI is InChI=1S/C18H34O4/c1-4-5-6-7-8-9-12-20-13-10-14-21-15-11-16-22-18(19)17(2)3/h2,4-16H2,1,3H3. The quantitative estimate of drug-likeness (QED) is 0.242. The number of carbonyl (C=O) groups is 1. The molecule has 0 rings (SSSR count). The lowest BCUT2D eigenvalue weighted by Gasteiger charge is -2.06. The zero-order chi connectivity index (χ0) is 16.5. The van der Waals surface area contributed by atoms with Crippen molar-refractivity contribution in [3.8, 4) is 0 Å². The summed E-state index contributed by atoms with van der Waals surface area (Å²) >= 11 is 0. The van der Waals surface area contributed by atoms with Crippen molar-refractivity contribution in [2.45, 2.75) is 65.2 Å². The van der Waals surface area contributed by atoms with Gasteiger partial charge in [-0.25, -0.2) is 4.79 Å². The Labute approximate surface area is 136 Å². The summed E-state index contributed by atoms with van der Waals surface area (Å²) in [5.74, 6) is -0.330. The van der Waals surface area contributed by atoms with Crippen molar-refractivity contribution in [1.29, 1.82) is 0 Å². The SMILES string of the molecule is C=C(C)C(=O)OCCCOCCCOCCCCCCCC. The number of rotatable bonds is 16. The van der Waals surface area contributed by atoms with Crippen LogP contribution in [0.2, 0.25) is 0 Å². The molecule has 0 aromatic heterocycles. The first-order valence-corrected chi connectivity index (χ1v) is 8.66. The monoisotopic (exact) mass is 314 g/mol. The molecule has 0 aliphatic heterocycles. The normalized spacial score (nSPS) is 10.6. The molecule has 4 heteroatoms. The van der Waals surface area contributed by atoms with Crippen LogP contribution in [0, 0.1) is 0 Å². The third-order valence-corrected chi connectivity index (χ3v) is 3.23. The molecule has 0 N–H and O–H groups in total. The molecule has 0 saturated heterocycles. The zero-order valence-corrected chi connectivity index (χ0v) is 14.5. The Hall–Kier alpha value is -0.870. The molecule has 130 valence electrons. The predicted molar refractivity (Wildman–Crippen MR) is 90.0 cm³/mol. The first-order chi connectivity index (χ1) is 10.7. The highest BCUT2D eigenvalue weighted by atomic mass is 16.5. The van der Waals surface area contributed by atoms with Crippen molar-refractivity contribution in [2.24, 2.45) is 0 Å². The van der Waals surface area contributed by atoms with Gasteiger partial charge < -0.3 is 14.2 Å². The van der Waals surface area contributed by atoms with Crippen LogP contribution in [0.4, 0.5) is 0 Å². The van der Waals surface area contributed by atoms with Crippen LogP contribution < -0.4 is 0 Å². The molecule has 0 spiro atoms. The lowest BCUT2D eigenvalue weighted by atomic mass is 10.1. The van der Waals surface area contributed by atoms with Crippen molar-refractivity contribution in [2.75, 3.05) is 33.0 Å². The number of hydrogen-bond donors (Lipinski definition) is 0. The number of unbranched alkanes of at least 4 members (excludes halogenated alkanes) is 5. The van der Waals surface area contributed by atoms with E-state index in [-0.39, 0.29) is 5.97 Å². The van der Waals surface area contributed by atoms with Crippen molar-refractivity contribution in [1.82, 2.24) is 0 Å². The molecule has 0 unspecified atom stereocenters. The second-order valence-corrected chi connectivity index (χ2v) is 5.62. The fourth-order valence-corrected chi connectivity index (χ4v) is 1.90. The van der Waals surface area contributed by atoms with Crippen molar-refractivity contribution >= 4 is 5.97 Å². The summed E-state index contributed by atoms with van der Waals surface area (Å²) in [5, 5.41) is 0. The number of hydrogen-bond acceptors (Lipinski definition) is 4. The van der Waals surface area contributed by atoms with E-state index >= 15 is 0 Å². The summed E-state index contributed by atoms with van der Waals surface area (Å²) in [7, 11) is 0. The van der Waals surface area contributed by atoms with Gasteiger partial charge in [0.05, 0.1) is 6.61 Å². The Kier molecular flexibility index (Phi) is 15.8. The van der Waals surface area contributed by atoms with Gasteiger partial charge in [-0.15, -0.1) is 0 Å². The highest BCUT2D eigenvalue weighted by Gasteiger charge is 2.01. The molecule has 0 aromatic rings. The highest BCUT2D eigenvalue weighted by molar-refractivity contribution is 5.86. The highest BCUT2D eigenvalue weighted by Crippen LogP contribution is 2.04. The first kappa shape index (κ1) is 21.1. The minimum atomic E-state index is -0.330. The van der Waals surface area contributed by atoms with Gasteiger partial charge in [0.15, 0.2) is 0 Å². The Bertz CT molecular complexity index is 276. The van der Waals surface area contributed by atoms with E-state index in [1.807, 2.05) is 0 Å². The summed E-state index contributed by atoms with van der Waals surface area (Å²) in [6, 6.07) is 0. The van der Waals surface area contributed by atoms with Gasteiger partial charge in [0.2, 0.25) is 0 Å². The number of esters is 1. The zero-order valence-electron chi connectivity index (χ0n) is 14.5. The molecule has 0 amide bonds. The van der Waals surface area contributed by atoms with E-state index in [9.17, 15) is 4.79 Å². The minimum absolute atomic E-state index is 0.330. The van der Waals surface area contributed by atoms with Gasteiger partial charge in [0, 0.05) is 38.4 Å². The fraction of sp³-hybridized carbons (Fsp3) is 0.833. The second-order valence-electron chi connectivity index (χ2n) is 5.62. The third-order valence-electron chi connectivity index (χ3n) is 3.23. The van der Waals surface area contributed by atoms with Gasteiger partial charge in [-0.05, 0) is 19.8 Å². The first-order valence-electron chi connectivity index (χ1n) is 8.66. The van der Waals surface area contributed by atoms with Crippen LogP contribution in [0.1, 0.15) is 65.2 Å². The largest absolute Gasteiger partial charge is 0.462 e. The van der Waals surface area contributed by atoms with Crippen molar-refractivity contribution in [3.63, 3.8) is 0 Å². The van der Waals surface area contributed by atoms with Gasteiger partial charge >= 0.3 is 5.97 Å². The molecule has 0 saturated carbocycles. The van der Waals surface area contributed by atoms with Gasteiger partial charge in [-0.2, -0.15) is 0 Å². The molecular formula is C18H34O4. The Morgan fingerprint density at radius 1 is 0.773 bits per heavy atom. The molecule has 0 atom stereocenters. The van der Waals surface area contributed by atoms with Crippen LogP contribution in [0.15, 0.2) is 12.2 Å². The lowest BCUT2D eigenvalue weighted by molar-refractivity contribution is -0.139. The predicted octanol–water partition coefficient (Wildman–Crippen LogP) is 4.28. The summed E-state index contributed by atoms with van der Waals surface area (Å²) < 4.78 is 16.0. The van der Waals surface area contributed by atoms with Crippen LogP contribution in [-0.4, -0.2) is 39.0 Å². The molecule has 4 nitrogen and oxygen atoms in total. The van der Waals surface area contributed by atoms with Gasteiger partial charge in [-0.1, -0.05) is 45.6 Å². The second kappa shape index (κ2) is 16.5. The smallest absolute Gasteiger partial charge is 0.333 e. The molecule has 0 fully saturated rings. The van der Waals surface area contributed by atoms with Crippen molar-refractivity contribution < 1.29 is 19.0 Å².